The Hall–Kier alpha value is -0.610. The first-order chi connectivity index (χ1) is 8.93. The molecule has 4 heteroatoms. The molecule has 0 radical (unpaired) electrons. The van der Waals surface area contributed by atoms with Crippen molar-refractivity contribution in [3.8, 4) is 0 Å². The Morgan fingerprint density at radius 3 is 2.26 bits per heavy atom. The van der Waals surface area contributed by atoms with E-state index in [0.717, 1.165) is 32.0 Å². The second kappa shape index (κ2) is 9.32. The maximum Gasteiger partial charge on any atom is 0.323 e. The fourth-order valence-corrected chi connectivity index (χ4v) is 2.29. The third-order valence-corrected chi connectivity index (χ3v) is 4.29. The molecule has 0 aromatic carbocycles. The molecule has 0 aliphatic carbocycles. The van der Waals surface area contributed by atoms with Gasteiger partial charge in [0.25, 0.3) is 0 Å². The standard InChI is InChI=1S/C15H32N2O2/c1-6-13(7-2)12-17(8-3)11-9-10-15(4,16-5)14(18)19/h13,16H,6-12H2,1-5H3,(H,18,19). The van der Waals surface area contributed by atoms with Crippen LogP contribution in [0, 0.1) is 5.92 Å². The summed E-state index contributed by atoms with van der Waals surface area (Å²) >= 11 is 0. The lowest BCUT2D eigenvalue weighted by atomic mass is 9.96. The zero-order valence-electron chi connectivity index (χ0n) is 13.3. The van der Waals surface area contributed by atoms with Crippen molar-refractivity contribution in [1.29, 1.82) is 0 Å². The van der Waals surface area contributed by atoms with Crippen LogP contribution in [0.25, 0.3) is 0 Å². The first kappa shape index (κ1) is 18.4. The predicted octanol–water partition coefficient (Wildman–Crippen LogP) is 2.59. The Bertz CT molecular complexity index is 255. The molecule has 0 spiro atoms. The van der Waals surface area contributed by atoms with E-state index in [1.807, 2.05) is 0 Å². The second-order valence-corrected chi connectivity index (χ2v) is 5.57. The van der Waals surface area contributed by atoms with Gasteiger partial charge in [0.15, 0.2) is 0 Å². The molecule has 1 atom stereocenters. The molecule has 0 aromatic rings. The molecule has 19 heavy (non-hydrogen) atoms. The minimum Gasteiger partial charge on any atom is -0.480 e. The van der Waals surface area contributed by atoms with Crippen LogP contribution in [-0.4, -0.2) is 48.2 Å². The summed E-state index contributed by atoms with van der Waals surface area (Å²) in [6.45, 7) is 11.6. The number of rotatable bonds is 11. The van der Waals surface area contributed by atoms with Crippen LogP contribution < -0.4 is 5.32 Å². The summed E-state index contributed by atoms with van der Waals surface area (Å²) in [5, 5.41) is 12.1. The van der Waals surface area contributed by atoms with E-state index in [2.05, 4.69) is 31.0 Å². The van der Waals surface area contributed by atoms with Crippen molar-refractivity contribution < 1.29 is 9.90 Å². The van der Waals surface area contributed by atoms with Crippen molar-refractivity contribution in [1.82, 2.24) is 10.2 Å². The van der Waals surface area contributed by atoms with Crippen LogP contribution in [0.1, 0.15) is 53.4 Å². The van der Waals surface area contributed by atoms with Crippen molar-refractivity contribution in [2.75, 3.05) is 26.7 Å². The van der Waals surface area contributed by atoms with Crippen LogP contribution in [0.4, 0.5) is 0 Å². The summed E-state index contributed by atoms with van der Waals surface area (Å²) < 4.78 is 0. The number of hydrogen-bond acceptors (Lipinski definition) is 3. The maximum absolute atomic E-state index is 11.2. The second-order valence-electron chi connectivity index (χ2n) is 5.57. The molecule has 114 valence electrons. The Kier molecular flexibility index (Phi) is 9.02. The van der Waals surface area contributed by atoms with Gasteiger partial charge in [-0.25, -0.2) is 0 Å². The molecular weight excluding hydrogens is 240 g/mol. The van der Waals surface area contributed by atoms with Gasteiger partial charge in [-0.15, -0.1) is 0 Å². The molecule has 0 heterocycles. The van der Waals surface area contributed by atoms with E-state index in [-0.39, 0.29) is 0 Å². The van der Waals surface area contributed by atoms with E-state index in [9.17, 15) is 9.90 Å². The van der Waals surface area contributed by atoms with Crippen LogP contribution in [-0.2, 0) is 4.79 Å². The normalized spacial score (nSPS) is 14.9. The SMILES string of the molecule is CCC(CC)CN(CC)CCCC(C)(NC)C(=O)O. The fourth-order valence-electron chi connectivity index (χ4n) is 2.29. The Balaban J connectivity index is 4.18. The highest BCUT2D eigenvalue weighted by molar-refractivity contribution is 5.78. The molecular formula is C15H32N2O2. The van der Waals surface area contributed by atoms with Crippen molar-refractivity contribution in [2.45, 2.75) is 58.9 Å². The Morgan fingerprint density at radius 1 is 1.32 bits per heavy atom. The number of carboxylic acids is 1. The first-order valence-electron chi connectivity index (χ1n) is 7.58. The Labute approximate surface area is 118 Å². The zero-order valence-corrected chi connectivity index (χ0v) is 13.3. The molecule has 0 fully saturated rings. The van der Waals surface area contributed by atoms with E-state index >= 15 is 0 Å². The van der Waals surface area contributed by atoms with Gasteiger partial charge < -0.3 is 15.3 Å². The quantitative estimate of drug-likeness (QED) is 0.607. The highest BCUT2D eigenvalue weighted by Gasteiger charge is 2.30. The lowest BCUT2D eigenvalue weighted by molar-refractivity contribution is -0.144. The van der Waals surface area contributed by atoms with Gasteiger partial charge in [0.1, 0.15) is 5.54 Å². The van der Waals surface area contributed by atoms with E-state index < -0.39 is 11.5 Å². The molecule has 0 rings (SSSR count). The number of hydrogen-bond donors (Lipinski definition) is 2. The predicted molar refractivity (Wildman–Crippen MR) is 80.5 cm³/mol. The third kappa shape index (κ3) is 6.39. The van der Waals surface area contributed by atoms with Gasteiger partial charge in [0.05, 0.1) is 0 Å². The molecule has 4 nitrogen and oxygen atoms in total. The minimum absolute atomic E-state index is 0.665. The highest BCUT2D eigenvalue weighted by Crippen LogP contribution is 2.14. The molecule has 0 aliphatic heterocycles. The first-order valence-corrected chi connectivity index (χ1v) is 7.58. The van der Waals surface area contributed by atoms with Gasteiger partial charge in [-0.1, -0.05) is 33.6 Å². The van der Waals surface area contributed by atoms with E-state index in [0.29, 0.717) is 6.42 Å². The largest absolute Gasteiger partial charge is 0.480 e. The number of likely N-dealkylation sites (N-methyl/N-ethyl adjacent to an activating group) is 1. The molecule has 2 N–H and O–H groups in total. The minimum atomic E-state index is -0.797. The zero-order chi connectivity index (χ0) is 14.9. The molecule has 1 unspecified atom stereocenters. The summed E-state index contributed by atoms with van der Waals surface area (Å²) in [4.78, 5) is 13.6. The smallest absolute Gasteiger partial charge is 0.323 e. The van der Waals surface area contributed by atoms with Gasteiger partial charge in [-0.3, -0.25) is 4.79 Å². The lowest BCUT2D eigenvalue weighted by Crippen LogP contribution is -2.48. The van der Waals surface area contributed by atoms with Crippen LogP contribution >= 0.6 is 0 Å². The van der Waals surface area contributed by atoms with E-state index in [1.54, 1.807) is 14.0 Å². The van der Waals surface area contributed by atoms with Gasteiger partial charge in [-0.05, 0) is 45.8 Å². The molecule has 0 saturated carbocycles. The van der Waals surface area contributed by atoms with Crippen LogP contribution in [0.15, 0.2) is 0 Å². The molecule has 0 aromatic heterocycles. The molecule has 0 aliphatic rings. The highest BCUT2D eigenvalue weighted by atomic mass is 16.4. The maximum atomic E-state index is 11.2. The number of nitrogens with one attached hydrogen (secondary N) is 1. The van der Waals surface area contributed by atoms with Crippen LogP contribution in [0.2, 0.25) is 0 Å². The lowest BCUT2D eigenvalue weighted by Gasteiger charge is -2.28. The third-order valence-electron chi connectivity index (χ3n) is 4.29. The van der Waals surface area contributed by atoms with Gasteiger partial charge in [0, 0.05) is 6.54 Å². The van der Waals surface area contributed by atoms with Crippen LogP contribution in [0.3, 0.4) is 0 Å². The number of aliphatic carboxylic acids is 1. The van der Waals surface area contributed by atoms with Crippen molar-refractivity contribution in [3.63, 3.8) is 0 Å². The summed E-state index contributed by atoms with van der Waals surface area (Å²) in [6, 6.07) is 0. The van der Waals surface area contributed by atoms with Crippen LogP contribution in [0.5, 0.6) is 0 Å². The van der Waals surface area contributed by atoms with E-state index in [1.165, 1.54) is 12.8 Å². The van der Waals surface area contributed by atoms with Gasteiger partial charge in [0.2, 0.25) is 0 Å². The molecule has 0 saturated heterocycles. The summed E-state index contributed by atoms with van der Waals surface area (Å²) in [7, 11) is 1.72. The summed E-state index contributed by atoms with van der Waals surface area (Å²) in [6.07, 6.45) is 4.02. The molecule has 0 bridgehead atoms. The van der Waals surface area contributed by atoms with Crippen molar-refractivity contribution >= 4 is 5.97 Å². The fraction of sp³-hybridized carbons (Fsp3) is 0.933. The average molecular weight is 272 g/mol. The number of nitrogens with zero attached hydrogens (tertiary/aromatic N) is 1. The van der Waals surface area contributed by atoms with Crippen molar-refractivity contribution in [3.05, 3.63) is 0 Å². The van der Waals surface area contributed by atoms with Gasteiger partial charge >= 0.3 is 5.97 Å². The van der Waals surface area contributed by atoms with Crippen molar-refractivity contribution in [2.24, 2.45) is 5.92 Å². The number of carboxylic acid groups (broad SMARTS) is 1. The summed E-state index contributed by atoms with van der Waals surface area (Å²) in [5.41, 5.74) is -0.797. The topological polar surface area (TPSA) is 52.6 Å². The molecule has 0 amide bonds. The number of carbonyl (C=O) groups is 1. The average Bonchev–Trinajstić information content (AvgIpc) is 2.42. The summed E-state index contributed by atoms with van der Waals surface area (Å²) in [5.74, 6) is -0.00634. The monoisotopic (exact) mass is 272 g/mol. The van der Waals surface area contributed by atoms with E-state index in [4.69, 9.17) is 0 Å². The van der Waals surface area contributed by atoms with Gasteiger partial charge in [-0.2, -0.15) is 0 Å². The Morgan fingerprint density at radius 2 is 1.89 bits per heavy atom.